The van der Waals surface area contributed by atoms with Crippen molar-refractivity contribution in [3.05, 3.63) is 21.1 Å². The topological polar surface area (TPSA) is 64.3 Å². The smallest absolute Gasteiger partial charge is 0.250 e. The van der Waals surface area contributed by atoms with E-state index in [0.717, 1.165) is 15.4 Å². The number of carbonyl (C=O) groups excluding carboxylic acids is 1. The van der Waals surface area contributed by atoms with Crippen molar-refractivity contribution in [2.45, 2.75) is 13.3 Å². The molecule has 0 bridgehead atoms. The van der Waals surface area contributed by atoms with Gasteiger partial charge in [-0.2, -0.15) is 0 Å². The van der Waals surface area contributed by atoms with Gasteiger partial charge in [-0.1, -0.05) is 6.92 Å². The van der Waals surface area contributed by atoms with Crippen LogP contribution in [0.2, 0.25) is 0 Å². The fraction of sp³-hybridized carbons (Fsp3) is 0.364. The molecule has 0 aliphatic carbocycles. The zero-order valence-electron chi connectivity index (χ0n) is 9.43. The second kappa shape index (κ2) is 6.98. The molecule has 0 aliphatic rings. The Morgan fingerprint density at radius 2 is 2.00 bits per heavy atom. The Morgan fingerprint density at radius 3 is 2.53 bits per heavy atom. The minimum Gasteiger partial charge on any atom is -0.399 e. The SMILES string of the molecule is CCCOCC(=O)Nc1c(Br)cc(N)cc1Br. The first-order chi connectivity index (χ1) is 8.04. The second-order valence-electron chi connectivity index (χ2n) is 3.46. The first kappa shape index (κ1) is 14.5. The van der Waals surface area contributed by atoms with Gasteiger partial charge in [0, 0.05) is 21.2 Å². The number of benzene rings is 1. The van der Waals surface area contributed by atoms with E-state index in [1.54, 1.807) is 12.1 Å². The van der Waals surface area contributed by atoms with Crippen molar-refractivity contribution in [3.63, 3.8) is 0 Å². The van der Waals surface area contributed by atoms with Gasteiger partial charge < -0.3 is 15.8 Å². The number of hydrogen-bond donors (Lipinski definition) is 2. The van der Waals surface area contributed by atoms with Crippen molar-refractivity contribution in [1.29, 1.82) is 0 Å². The number of hydrogen-bond acceptors (Lipinski definition) is 3. The summed E-state index contributed by atoms with van der Waals surface area (Å²) in [6.45, 7) is 2.62. The summed E-state index contributed by atoms with van der Waals surface area (Å²) in [4.78, 5) is 11.6. The van der Waals surface area contributed by atoms with E-state index in [0.29, 0.717) is 18.0 Å². The number of rotatable bonds is 5. The maximum absolute atomic E-state index is 11.6. The summed E-state index contributed by atoms with van der Waals surface area (Å²) >= 11 is 6.69. The van der Waals surface area contributed by atoms with Gasteiger partial charge in [0.05, 0.1) is 5.69 Å². The van der Waals surface area contributed by atoms with E-state index in [-0.39, 0.29) is 12.5 Å². The molecule has 0 fully saturated rings. The zero-order chi connectivity index (χ0) is 12.8. The van der Waals surface area contributed by atoms with Gasteiger partial charge in [0.1, 0.15) is 6.61 Å². The molecule has 0 heterocycles. The van der Waals surface area contributed by atoms with Crippen LogP contribution < -0.4 is 11.1 Å². The number of nitrogens with two attached hydrogens (primary N) is 1. The lowest BCUT2D eigenvalue weighted by atomic mass is 10.3. The van der Waals surface area contributed by atoms with Crippen molar-refractivity contribution < 1.29 is 9.53 Å². The van der Waals surface area contributed by atoms with Crippen molar-refractivity contribution in [2.75, 3.05) is 24.3 Å². The monoisotopic (exact) mass is 364 g/mol. The molecule has 0 unspecified atom stereocenters. The van der Waals surface area contributed by atoms with E-state index < -0.39 is 0 Å². The summed E-state index contributed by atoms with van der Waals surface area (Å²) in [6, 6.07) is 3.46. The van der Waals surface area contributed by atoms with Gasteiger partial charge in [0.15, 0.2) is 0 Å². The number of anilines is 2. The Hall–Kier alpha value is -0.590. The summed E-state index contributed by atoms with van der Waals surface area (Å²) < 4.78 is 6.61. The number of amides is 1. The molecule has 1 aromatic rings. The van der Waals surface area contributed by atoms with Gasteiger partial charge in [-0.25, -0.2) is 0 Å². The van der Waals surface area contributed by atoms with Crippen molar-refractivity contribution in [2.24, 2.45) is 0 Å². The minimum atomic E-state index is -0.190. The molecule has 0 aliphatic heterocycles. The third-order valence-electron chi connectivity index (χ3n) is 1.91. The van der Waals surface area contributed by atoms with Crippen LogP contribution in [0.5, 0.6) is 0 Å². The molecule has 1 amide bonds. The number of ether oxygens (including phenoxy) is 1. The molecule has 17 heavy (non-hydrogen) atoms. The molecule has 3 N–H and O–H groups in total. The molecule has 0 saturated heterocycles. The van der Waals surface area contributed by atoms with Crippen LogP contribution >= 0.6 is 31.9 Å². The molecule has 94 valence electrons. The van der Waals surface area contributed by atoms with E-state index in [9.17, 15) is 4.79 Å². The molecular weight excluding hydrogens is 352 g/mol. The van der Waals surface area contributed by atoms with E-state index in [2.05, 4.69) is 37.2 Å². The van der Waals surface area contributed by atoms with Crippen molar-refractivity contribution in [3.8, 4) is 0 Å². The van der Waals surface area contributed by atoms with E-state index in [1.807, 2.05) is 6.92 Å². The molecular formula is C11H14Br2N2O2. The zero-order valence-corrected chi connectivity index (χ0v) is 12.6. The Bertz CT molecular complexity index is 387. The number of carbonyl (C=O) groups is 1. The standard InChI is InChI=1S/C11H14Br2N2O2/c1-2-3-17-6-10(16)15-11-8(12)4-7(14)5-9(11)13/h4-5H,2-3,6,14H2,1H3,(H,15,16). The van der Waals surface area contributed by atoms with Crippen LogP contribution in [0.25, 0.3) is 0 Å². The molecule has 1 rings (SSSR count). The summed E-state index contributed by atoms with van der Waals surface area (Å²) in [5.74, 6) is -0.190. The average molecular weight is 366 g/mol. The Labute approximate surface area is 117 Å². The molecule has 6 heteroatoms. The van der Waals surface area contributed by atoms with Gasteiger partial charge in [0.25, 0.3) is 0 Å². The highest BCUT2D eigenvalue weighted by atomic mass is 79.9. The van der Waals surface area contributed by atoms with Crippen LogP contribution in [0.1, 0.15) is 13.3 Å². The number of nitrogens with one attached hydrogen (secondary N) is 1. The fourth-order valence-electron chi connectivity index (χ4n) is 1.20. The van der Waals surface area contributed by atoms with Gasteiger partial charge in [-0.05, 0) is 50.4 Å². The van der Waals surface area contributed by atoms with Crippen molar-refractivity contribution in [1.82, 2.24) is 0 Å². The summed E-state index contributed by atoms with van der Waals surface area (Å²) in [7, 11) is 0. The fourth-order valence-corrected chi connectivity index (χ4v) is 2.62. The molecule has 0 saturated carbocycles. The highest BCUT2D eigenvalue weighted by Gasteiger charge is 2.10. The Morgan fingerprint density at radius 1 is 1.41 bits per heavy atom. The van der Waals surface area contributed by atoms with Crippen LogP contribution in [0, 0.1) is 0 Å². The molecule has 0 radical (unpaired) electrons. The quantitative estimate of drug-likeness (QED) is 0.622. The summed E-state index contributed by atoms with van der Waals surface area (Å²) in [5, 5.41) is 2.75. The van der Waals surface area contributed by atoms with Crippen LogP contribution in [-0.4, -0.2) is 19.1 Å². The first-order valence-corrected chi connectivity index (χ1v) is 6.75. The predicted octanol–water partition coefficient (Wildman–Crippen LogP) is 3.16. The summed E-state index contributed by atoms with van der Waals surface area (Å²) in [5.41, 5.74) is 6.93. The summed E-state index contributed by atoms with van der Waals surface area (Å²) in [6.07, 6.45) is 0.891. The Balaban J connectivity index is 2.65. The maximum Gasteiger partial charge on any atom is 0.250 e. The van der Waals surface area contributed by atoms with Gasteiger partial charge in [-0.3, -0.25) is 4.79 Å². The third kappa shape index (κ3) is 4.65. The van der Waals surface area contributed by atoms with Crippen molar-refractivity contribution >= 4 is 49.1 Å². The molecule has 0 atom stereocenters. The predicted molar refractivity (Wildman–Crippen MR) is 76.0 cm³/mol. The van der Waals surface area contributed by atoms with Crippen LogP contribution in [0.4, 0.5) is 11.4 Å². The van der Waals surface area contributed by atoms with E-state index in [1.165, 1.54) is 0 Å². The van der Waals surface area contributed by atoms with Crippen LogP contribution in [0.15, 0.2) is 21.1 Å². The molecule has 1 aromatic carbocycles. The minimum absolute atomic E-state index is 0.0527. The van der Waals surface area contributed by atoms with E-state index in [4.69, 9.17) is 10.5 Å². The lowest BCUT2D eigenvalue weighted by molar-refractivity contribution is -0.120. The number of nitrogen functional groups attached to an aromatic ring is 1. The highest BCUT2D eigenvalue weighted by molar-refractivity contribution is 9.11. The van der Waals surface area contributed by atoms with Crippen LogP contribution in [-0.2, 0) is 9.53 Å². The first-order valence-electron chi connectivity index (χ1n) is 5.16. The second-order valence-corrected chi connectivity index (χ2v) is 5.17. The largest absolute Gasteiger partial charge is 0.399 e. The molecule has 4 nitrogen and oxygen atoms in total. The molecule has 0 aromatic heterocycles. The third-order valence-corrected chi connectivity index (χ3v) is 3.16. The van der Waals surface area contributed by atoms with E-state index >= 15 is 0 Å². The Kier molecular flexibility index (Phi) is 5.94. The molecule has 0 spiro atoms. The lowest BCUT2D eigenvalue weighted by Crippen LogP contribution is -2.19. The normalized spacial score (nSPS) is 10.3. The number of halogens is 2. The lowest BCUT2D eigenvalue weighted by Gasteiger charge is -2.10. The maximum atomic E-state index is 11.6. The van der Waals surface area contributed by atoms with Crippen LogP contribution in [0.3, 0.4) is 0 Å². The average Bonchev–Trinajstić information content (AvgIpc) is 2.24. The van der Waals surface area contributed by atoms with Gasteiger partial charge in [0.2, 0.25) is 5.91 Å². The highest BCUT2D eigenvalue weighted by Crippen LogP contribution is 2.33. The van der Waals surface area contributed by atoms with Gasteiger partial charge in [-0.15, -0.1) is 0 Å². The van der Waals surface area contributed by atoms with Gasteiger partial charge >= 0.3 is 0 Å².